The zero-order valence-corrected chi connectivity index (χ0v) is 11.8. The molecule has 1 aromatic heterocycles. The van der Waals surface area contributed by atoms with Gasteiger partial charge in [-0.25, -0.2) is 4.98 Å². The smallest absolute Gasteiger partial charge is 0.312 e. The summed E-state index contributed by atoms with van der Waals surface area (Å²) < 4.78 is 5.54. The third kappa shape index (κ3) is 4.97. The highest BCUT2D eigenvalue weighted by atomic mass is 79.9. The van der Waals surface area contributed by atoms with Crippen molar-refractivity contribution in [3.63, 3.8) is 0 Å². The molecule has 0 aromatic carbocycles. The largest absolute Gasteiger partial charge is 0.385 e. The van der Waals surface area contributed by atoms with Gasteiger partial charge < -0.3 is 10.1 Å². The molecule has 0 spiro atoms. The van der Waals surface area contributed by atoms with E-state index in [1.165, 1.54) is 6.07 Å². The number of anilines is 1. The van der Waals surface area contributed by atoms with Crippen LogP contribution in [-0.2, 0) is 4.74 Å². The zero-order valence-electron chi connectivity index (χ0n) is 10.2. The Labute approximate surface area is 114 Å². The standard InChI is InChI=1S/C11H16BrN3O3/c1-18-6-4-2-3-5-13-11-10(15(16)17)7-9(12)8-14-11/h7-8H,2-6H2,1H3,(H,13,14). The lowest BCUT2D eigenvalue weighted by molar-refractivity contribution is -0.384. The minimum Gasteiger partial charge on any atom is -0.385 e. The van der Waals surface area contributed by atoms with Crippen molar-refractivity contribution in [2.24, 2.45) is 0 Å². The number of nitrogens with one attached hydrogen (secondary N) is 1. The molecular formula is C11H16BrN3O3. The van der Waals surface area contributed by atoms with Crippen LogP contribution in [0.1, 0.15) is 19.3 Å². The summed E-state index contributed by atoms with van der Waals surface area (Å²) in [7, 11) is 1.67. The van der Waals surface area contributed by atoms with Crippen LogP contribution >= 0.6 is 15.9 Å². The molecule has 0 saturated carbocycles. The maximum absolute atomic E-state index is 10.8. The Balaban J connectivity index is 2.44. The first kappa shape index (κ1) is 14.8. The summed E-state index contributed by atoms with van der Waals surface area (Å²) in [5, 5.41) is 13.8. The first-order valence-corrected chi connectivity index (χ1v) is 6.47. The molecule has 0 radical (unpaired) electrons. The third-order valence-electron chi connectivity index (χ3n) is 2.35. The van der Waals surface area contributed by atoms with Gasteiger partial charge in [0.15, 0.2) is 0 Å². The highest BCUT2D eigenvalue weighted by Gasteiger charge is 2.14. The summed E-state index contributed by atoms with van der Waals surface area (Å²) in [5.41, 5.74) is -0.0127. The summed E-state index contributed by atoms with van der Waals surface area (Å²) in [6, 6.07) is 1.44. The molecule has 0 unspecified atom stereocenters. The molecule has 1 heterocycles. The molecule has 0 aliphatic rings. The Morgan fingerprint density at radius 1 is 1.50 bits per heavy atom. The Morgan fingerprint density at radius 2 is 2.28 bits per heavy atom. The van der Waals surface area contributed by atoms with Crippen molar-refractivity contribution >= 4 is 27.4 Å². The number of rotatable bonds is 8. The Kier molecular flexibility index (Phi) is 6.59. The number of methoxy groups -OCH3 is 1. The number of hydrogen-bond acceptors (Lipinski definition) is 5. The molecule has 1 N–H and O–H groups in total. The molecule has 18 heavy (non-hydrogen) atoms. The minimum absolute atomic E-state index is 0.0127. The van der Waals surface area contributed by atoms with Crippen LogP contribution in [0, 0.1) is 10.1 Å². The quantitative estimate of drug-likeness (QED) is 0.453. The Morgan fingerprint density at radius 3 is 2.94 bits per heavy atom. The molecule has 0 atom stereocenters. The first-order chi connectivity index (χ1) is 8.65. The normalized spacial score (nSPS) is 10.3. The second kappa shape index (κ2) is 7.99. The van der Waals surface area contributed by atoms with Gasteiger partial charge >= 0.3 is 5.69 Å². The van der Waals surface area contributed by atoms with Crippen molar-refractivity contribution in [2.45, 2.75) is 19.3 Å². The second-order valence-corrected chi connectivity index (χ2v) is 4.67. The van der Waals surface area contributed by atoms with Crippen LogP contribution in [0.25, 0.3) is 0 Å². The molecule has 6 nitrogen and oxygen atoms in total. The maximum Gasteiger partial charge on any atom is 0.312 e. The van der Waals surface area contributed by atoms with Crippen LogP contribution in [0.3, 0.4) is 0 Å². The van der Waals surface area contributed by atoms with Crippen molar-refractivity contribution in [3.05, 3.63) is 26.9 Å². The van der Waals surface area contributed by atoms with E-state index < -0.39 is 4.92 Å². The van der Waals surface area contributed by atoms with E-state index in [0.29, 0.717) is 16.8 Å². The van der Waals surface area contributed by atoms with Crippen molar-refractivity contribution in [1.29, 1.82) is 0 Å². The molecule has 0 aliphatic carbocycles. The van der Waals surface area contributed by atoms with E-state index in [0.717, 1.165) is 25.9 Å². The summed E-state index contributed by atoms with van der Waals surface area (Å²) in [5.74, 6) is 0.315. The van der Waals surface area contributed by atoms with Gasteiger partial charge in [0.05, 0.1) is 4.92 Å². The van der Waals surface area contributed by atoms with E-state index >= 15 is 0 Å². The maximum atomic E-state index is 10.8. The van der Waals surface area contributed by atoms with Crippen molar-refractivity contribution in [1.82, 2.24) is 4.98 Å². The average Bonchev–Trinajstić information content (AvgIpc) is 2.35. The molecule has 0 fully saturated rings. The van der Waals surface area contributed by atoms with Crippen molar-refractivity contribution in [2.75, 3.05) is 25.6 Å². The molecule has 1 aromatic rings. The lowest BCUT2D eigenvalue weighted by Gasteiger charge is -2.06. The molecule has 7 heteroatoms. The number of ether oxygens (including phenoxy) is 1. The van der Waals surface area contributed by atoms with Gasteiger partial charge in [0.1, 0.15) is 0 Å². The number of hydrogen-bond donors (Lipinski definition) is 1. The van der Waals surface area contributed by atoms with E-state index in [1.54, 1.807) is 13.3 Å². The predicted molar refractivity (Wildman–Crippen MR) is 72.8 cm³/mol. The lowest BCUT2D eigenvalue weighted by atomic mass is 10.2. The molecule has 0 aliphatic heterocycles. The fraction of sp³-hybridized carbons (Fsp3) is 0.545. The van der Waals surface area contributed by atoms with Gasteiger partial charge in [-0.05, 0) is 35.2 Å². The van der Waals surface area contributed by atoms with Crippen LogP contribution in [-0.4, -0.2) is 30.2 Å². The third-order valence-corrected chi connectivity index (χ3v) is 2.78. The highest BCUT2D eigenvalue weighted by Crippen LogP contribution is 2.25. The van der Waals surface area contributed by atoms with Gasteiger partial charge in [-0.3, -0.25) is 10.1 Å². The zero-order chi connectivity index (χ0) is 13.4. The molecule has 0 amide bonds. The lowest BCUT2D eigenvalue weighted by Crippen LogP contribution is -2.06. The molecule has 0 bridgehead atoms. The highest BCUT2D eigenvalue weighted by molar-refractivity contribution is 9.10. The summed E-state index contributed by atoms with van der Waals surface area (Å²) in [4.78, 5) is 14.4. The monoisotopic (exact) mass is 317 g/mol. The SMILES string of the molecule is COCCCCCNc1ncc(Br)cc1[N+](=O)[O-]. The number of unbranched alkanes of at least 4 members (excludes halogenated alkanes) is 2. The Bertz CT molecular complexity index is 401. The topological polar surface area (TPSA) is 77.3 Å². The fourth-order valence-electron chi connectivity index (χ4n) is 1.46. The van der Waals surface area contributed by atoms with Gasteiger partial charge in [-0.1, -0.05) is 0 Å². The van der Waals surface area contributed by atoms with Crippen LogP contribution in [0.15, 0.2) is 16.7 Å². The van der Waals surface area contributed by atoms with Crippen LogP contribution in [0.5, 0.6) is 0 Å². The van der Waals surface area contributed by atoms with Gasteiger partial charge in [-0.2, -0.15) is 0 Å². The van der Waals surface area contributed by atoms with Crippen LogP contribution < -0.4 is 5.32 Å². The Hall–Kier alpha value is -1.21. The molecule has 100 valence electrons. The molecule has 0 saturated heterocycles. The molecular weight excluding hydrogens is 302 g/mol. The van der Waals surface area contributed by atoms with Crippen molar-refractivity contribution in [3.8, 4) is 0 Å². The predicted octanol–water partition coefficient (Wildman–Crippen LogP) is 2.98. The number of aromatic nitrogens is 1. The van der Waals surface area contributed by atoms with E-state index in [-0.39, 0.29) is 5.69 Å². The number of halogens is 1. The minimum atomic E-state index is -0.439. The fourth-order valence-corrected chi connectivity index (χ4v) is 1.78. The van der Waals surface area contributed by atoms with Crippen LogP contribution in [0.2, 0.25) is 0 Å². The van der Waals surface area contributed by atoms with Gasteiger partial charge in [0.2, 0.25) is 5.82 Å². The van der Waals surface area contributed by atoms with E-state index in [9.17, 15) is 10.1 Å². The number of pyridine rings is 1. The summed E-state index contributed by atoms with van der Waals surface area (Å²) in [6.07, 6.45) is 4.48. The first-order valence-electron chi connectivity index (χ1n) is 5.68. The number of nitrogens with zero attached hydrogens (tertiary/aromatic N) is 2. The average molecular weight is 318 g/mol. The van der Waals surface area contributed by atoms with Gasteiger partial charge in [-0.15, -0.1) is 0 Å². The van der Waals surface area contributed by atoms with E-state index in [1.807, 2.05) is 0 Å². The van der Waals surface area contributed by atoms with E-state index in [4.69, 9.17) is 4.74 Å². The van der Waals surface area contributed by atoms with Gasteiger partial charge in [0, 0.05) is 37.0 Å². The number of nitro groups is 1. The summed E-state index contributed by atoms with van der Waals surface area (Å²) >= 11 is 3.17. The van der Waals surface area contributed by atoms with E-state index in [2.05, 4.69) is 26.2 Å². The van der Waals surface area contributed by atoms with Crippen molar-refractivity contribution < 1.29 is 9.66 Å². The van der Waals surface area contributed by atoms with Gasteiger partial charge in [0.25, 0.3) is 0 Å². The van der Waals surface area contributed by atoms with Crippen LogP contribution in [0.4, 0.5) is 11.5 Å². The summed E-state index contributed by atoms with van der Waals surface area (Å²) in [6.45, 7) is 1.41. The second-order valence-electron chi connectivity index (χ2n) is 3.76. The molecule has 1 rings (SSSR count).